The molecule has 0 aromatic heterocycles. The second-order valence-electron chi connectivity index (χ2n) is 10.2. The molecule has 0 amide bonds. The maximum absolute atomic E-state index is 12.6. The number of hydrogen-bond donors (Lipinski definition) is 0. The van der Waals surface area contributed by atoms with E-state index in [0.717, 1.165) is 36.0 Å². The van der Waals surface area contributed by atoms with Crippen LogP contribution < -0.4 is 4.74 Å². The molecule has 2 rings (SSSR count). The van der Waals surface area contributed by atoms with E-state index >= 15 is 0 Å². The molecule has 0 heterocycles. The van der Waals surface area contributed by atoms with Gasteiger partial charge in [-0.3, -0.25) is 4.79 Å². The summed E-state index contributed by atoms with van der Waals surface area (Å²) in [5.74, 6) is 2.79. The van der Waals surface area contributed by atoms with Gasteiger partial charge in [-0.15, -0.1) is 11.8 Å². The monoisotopic (exact) mass is 508 g/mol. The van der Waals surface area contributed by atoms with Crippen LogP contribution in [0.5, 0.6) is 5.75 Å². The van der Waals surface area contributed by atoms with E-state index < -0.39 is 0 Å². The average Bonchev–Trinajstić information content (AvgIpc) is 2.89. The van der Waals surface area contributed by atoms with Gasteiger partial charge in [0, 0.05) is 10.5 Å². The first-order valence-electron chi connectivity index (χ1n) is 14.3. The summed E-state index contributed by atoms with van der Waals surface area (Å²) >= 11 is 1.90. The van der Waals surface area contributed by atoms with Gasteiger partial charge in [0.05, 0.1) is 6.61 Å². The molecule has 0 N–H and O–H groups in total. The molecule has 2 nitrogen and oxygen atoms in total. The first-order valence-corrected chi connectivity index (χ1v) is 15.2. The minimum absolute atomic E-state index is 0.0170. The molecule has 0 aliphatic rings. The van der Waals surface area contributed by atoms with Crippen LogP contribution in [0.1, 0.15) is 114 Å². The molecule has 0 saturated heterocycles. The van der Waals surface area contributed by atoms with Gasteiger partial charge in [-0.25, -0.2) is 0 Å². The van der Waals surface area contributed by atoms with Crippen LogP contribution in [0.15, 0.2) is 59.5 Å². The van der Waals surface area contributed by atoms with Crippen molar-refractivity contribution >= 4 is 23.6 Å². The summed E-state index contributed by atoms with van der Waals surface area (Å²) < 4.78 is 5.87. The van der Waals surface area contributed by atoms with E-state index in [2.05, 4.69) is 45.0 Å². The maximum atomic E-state index is 12.6. The summed E-state index contributed by atoms with van der Waals surface area (Å²) in [6.07, 6.45) is 19.3. The lowest BCUT2D eigenvalue weighted by Crippen LogP contribution is -1.99. The molecule has 0 aliphatic heterocycles. The molecule has 0 bridgehead atoms. The quantitative estimate of drug-likeness (QED) is 0.0770. The minimum atomic E-state index is 0.0170. The number of carbonyl (C=O) groups is 1. The van der Waals surface area contributed by atoms with E-state index in [1.54, 1.807) is 6.08 Å². The molecular formula is C33H48O2S. The zero-order valence-electron chi connectivity index (χ0n) is 23.0. The van der Waals surface area contributed by atoms with E-state index in [4.69, 9.17) is 4.74 Å². The summed E-state index contributed by atoms with van der Waals surface area (Å²) in [6.45, 7) is 7.56. The highest BCUT2D eigenvalue weighted by molar-refractivity contribution is 7.99. The fourth-order valence-electron chi connectivity index (χ4n) is 4.12. The fourth-order valence-corrected chi connectivity index (χ4v) is 5.00. The third-order valence-corrected chi connectivity index (χ3v) is 7.51. The number of carbonyl (C=O) groups excluding carboxylic acids is 1. The number of thioether (sulfide) groups is 1. The highest BCUT2D eigenvalue weighted by Gasteiger charge is 2.03. The van der Waals surface area contributed by atoms with Crippen molar-refractivity contribution < 1.29 is 9.53 Å². The maximum Gasteiger partial charge on any atom is 0.185 e. The van der Waals surface area contributed by atoms with Gasteiger partial charge in [-0.2, -0.15) is 0 Å². The van der Waals surface area contributed by atoms with Crippen molar-refractivity contribution in [3.63, 3.8) is 0 Å². The second kappa shape index (κ2) is 19.2. The SMILES string of the molecule is CCCCCCCCCCCCOc1ccc(C(=O)C=Cc2ccc(SCCCC(C)C)cc2)cc1. The second-order valence-corrected chi connectivity index (χ2v) is 11.4. The molecule has 0 atom stereocenters. The Bertz CT molecular complexity index is 852. The first kappa shape index (κ1) is 30.2. The van der Waals surface area contributed by atoms with E-state index in [9.17, 15) is 4.79 Å². The molecule has 2 aromatic carbocycles. The Morgan fingerprint density at radius 3 is 2.03 bits per heavy atom. The summed E-state index contributed by atoms with van der Waals surface area (Å²) in [5, 5.41) is 0. The van der Waals surface area contributed by atoms with Crippen LogP contribution in [0.4, 0.5) is 0 Å². The third kappa shape index (κ3) is 13.9. The molecule has 0 saturated carbocycles. The van der Waals surface area contributed by atoms with E-state index in [1.807, 2.05) is 42.1 Å². The lowest BCUT2D eigenvalue weighted by Gasteiger charge is -2.07. The number of unbranched alkanes of at least 4 members (excludes halogenated alkanes) is 9. The van der Waals surface area contributed by atoms with Crippen molar-refractivity contribution in [2.24, 2.45) is 5.92 Å². The van der Waals surface area contributed by atoms with Gasteiger partial charge in [0.25, 0.3) is 0 Å². The van der Waals surface area contributed by atoms with Crippen molar-refractivity contribution in [1.82, 2.24) is 0 Å². The Kier molecular flexibility index (Phi) is 16.1. The van der Waals surface area contributed by atoms with Gasteiger partial charge in [0.15, 0.2) is 5.78 Å². The van der Waals surface area contributed by atoms with Gasteiger partial charge < -0.3 is 4.74 Å². The third-order valence-electron chi connectivity index (χ3n) is 6.41. The predicted octanol–water partition coefficient (Wildman–Crippen LogP) is 10.4. The molecule has 0 fully saturated rings. The van der Waals surface area contributed by atoms with E-state index in [1.165, 1.54) is 75.5 Å². The molecule has 198 valence electrons. The Morgan fingerprint density at radius 1 is 0.806 bits per heavy atom. The first-order chi connectivity index (χ1) is 17.6. The van der Waals surface area contributed by atoms with Crippen molar-refractivity contribution in [1.29, 1.82) is 0 Å². The van der Waals surface area contributed by atoms with E-state index in [0.29, 0.717) is 5.56 Å². The van der Waals surface area contributed by atoms with Gasteiger partial charge in [0.1, 0.15) is 5.75 Å². The highest BCUT2D eigenvalue weighted by Crippen LogP contribution is 2.21. The van der Waals surface area contributed by atoms with Gasteiger partial charge in [-0.05, 0) is 72.6 Å². The number of hydrogen-bond acceptors (Lipinski definition) is 3. The zero-order chi connectivity index (χ0) is 25.8. The van der Waals surface area contributed by atoms with Crippen LogP contribution in [0, 0.1) is 5.92 Å². The lowest BCUT2D eigenvalue weighted by molar-refractivity contribution is 0.104. The fraction of sp³-hybridized carbons (Fsp3) is 0.545. The van der Waals surface area contributed by atoms with Gasteiger partial charge in [-0.1, -0.05) is 103 Å². The number of allylic oxidation sites excluding steroid dienone is 1. The average molecular weight is 509 g/mol. The van der Waals surface area contributed by atoms with Crippen LogP contribution >= 0.6 is 11.8 Å². The molecule has 0 unspecified atom stereocenters. The lowest BCUT2D eigenvalue weighted by atomic mass is 10.1. The Morgan fingerprint density at radius 2 is 1.42 bits per heavy atom. The zero-order valence-corrected chi connectivity index (χ0v) is 23.8. The molecule has 3 heteroatoms. The molecule has 0 aliphatic carbocycles. The Hall–Kier alpha value is -2.00. The van der Waals surface area contributed by atoms with Gasteiger partial charge >= 0.3 is 0 Å². The topological polar surface area (TPSA) is 26.3 Å². The Labute approximate surface area is 225 Å². The number of ketones is 1. The number of rotatable bonds is 20. The standard InChI is InChI=1S/C33H48O2S/c1-4-5-6-7-8-9-10-11-12-13-26-35-31-21-19-30(20-22-31)33(34)25-18-29-16-23-32(24-17-29)36-27-14-15-28(2)3/h16-25,28H,4-15,26-27H2,1-3H3. The summed E-state index contributed by atoms with van der Waals surface area (Å²) in [6, 6.07) is 16.0. The summed E-state index contributed by atoms with van der Waals surface area (Å²) in [4.78, 5) is 13.8. The molecule has 2 aromatic rings. The largest absolute Gasteiger partial charge is 0.494 e. The molecule has 0 spiro atoms. The van der Waals surface area contributed by atoms with Crippen LogP contribution in [0.25, 0.3) is 6.08 Å². The Balaban J connectivity index is 1.61. The van der Waals surface area contributed by atoms with Crippen LogP contribution in [-0.2, 0) is 0 Å². The number of ether oxygens (including phenoxy) is 1. The molecular weight excluding hydrogens is 460 g/mol. The van der Waals surface area contributed by atoms with Crippen LogP contribution in [-0.4, -0.2) is 18.1 Å². The van der Waals surface area contributed by atoms with Gasteiger partial charge in [0.2, 0.25) is 0 Å². The number of benzene rings is 2. The summed E-state index contributed by atoms with van der Waals surface area (Å²) in [5.41, 5.74) is 1.74. The minimum Gasteiger partial charge on any atom is -0.494 e. The van der Waals surface area contributed by atoms with Crippen molar-refractivity contribution in [2.75, 3.05) is 12.4 Å². The van der Waals surface area contributed by atoms with Crippen molar-refractivity contribution in [3.05, 3.63) is 65.7 Å². The van der Waals surface area contributed by atoms with Crippen LogP contribution in [0.2, 0.25) is 0 Å². The highest BCUT2D eigenvalue weighted by atomic mass is 32.2. The molecule has 36 heavy (non-hydrogen) atoms. The normalized spacial score (nSPS) is 11.4. The van der Waals surface area contributed by atoms with E-state index in [-0.39, 0.29) is 5.78 Å². The van der Waals surface area contributed by atoms with Crippen molar-refractivity contribution in [2.45, 2.75) is 103 Å². The molecule has 0 radical (unpaired) electrons. The van der Waals surface area contributed by atoms with Crippen molar-refractivity contribution in [3.8, 4) is 5.75 Å². The predicted molar refractivity (Wildman–Crippen MR) is 158 cm³/mol. The summed E-state index contributed by atoms with van der Waals surface area (Å²) in [7, 11) is 0. The smallest absolute Gasteiger partial charge is 0.185 e. The van der Waals surface area contributed by atoms with Crippen LogP contribution in [0.3, 0.4) is 0 Å².